The van der Waals surface area contributed by atoms with Crippen molar-refractivity contribution >= 4 is 11.9 Å². The molecule has 1 N–H and O–H groups in total. The van der Waals surface area contributed by atoms with Gasteiger partial charge in [0, 0.05) is 31.5 Å². The standard InChI is InChI=1S/C19H22FN3O4/c1-12-10-13(4-5-14(12)20)17-21-15(27-22-17)6-7-16(24)23-9-3-8-19(2,11-23)18(25)26/h4-5,10H,3,6-9,11H2,1-2H3,(H,25,26). The molecule has 1 aromatic heterocycles. The summed E-state index contributed by atoms with van der Waals surface area (Å²) >= 11 is 0. The van der Waals surface area contributed by atoms with Crippen molar-refractivity contribution in [2.75, 3.05) is 13.1 Å². The molecule has 1 unspecified atom stereocenters. The van der Waals surface area contributed by atoms with Gasteiger partial charge in [-0.05, 0) is 50.5 Å². The van der Waals surface area contributed by atoms with Gasteiger partial charge in [-0.1, -0.05) is 5.16 Å². The molecule has 1 aliphatic heterocycles. The Morgan fingerprint density at radius 3 is 2.89 bits per heavy atom. The first-order valence-electron chi connectivity index (χ1n) is 8.89. The van der Waals surface area contributed by atoms with Gasteiger partial charge in [-0.15, -0.1) is 0 Å². The molecule has 0 radical (unpaired) electrons. The second-order valence-electron chi connectivity index (χ2n) is 7.26. The number of benzene rings is 1. The van der Waals surface area contributed by atoms with E-state index in [1.54, 1.807) is 30.9 Å². The lowest BCUT2D eigenvalue weighted by Gasteiger charge is -2.37. The second-order valence-corrected chi connectivity index (χ2v) is 7.26. The van der Waals surface area contributed by atoms with E-state index >= 15 is 0 Å². The maximum absolute atomic E-state index is 13.4. The number of aryl methyl sites for hydroxylation is 2. The third-order valence-corrected chi connectivity index (χ3v) is 5.00. The van der Waals surface area contributed by atoms with E-state index in [-0.39, 0.29) is 31.1 Å². The van der Waals surface area contributed by atoms with Crippen molar-refractivity contribution in [3.8, 4) is 11.4 Å². The summed E-state index contributed by atoms with van der Waals surface area (Å²) in [5.41, 5.74) is 0.232. The molecule has 8 heteroatoms. The number of aliphatic carboxylic acids is 1. The highest BCUT2D eigenvalue weighted by Crippen LogP contribution is 2.30. The number of hydrogen-bond donors (Lipinski definition) is 1. The Morgan fingerprint density at radius 1 is 1.41 bits per heavy atom. The molecule has 0 saturated carbocycles. The van der Waals surface area contributed by atoms with Crippen molar-refractivity contribution in [1.29, 1.82) is 0 Å². The highest BCUT2D eigenvalue weighted by atomic mass is 19.1. The Kier molecular flexibility index (Phi) is 5.25. The molecule has 1 aliphatic rings. The van der Waals surface area contributed by atoms with Gasteiger partial charge < -0.3 is 14.5 Å². The molecule has 0 bridgehead atoms. The lowest BCUT2D eigenvalue weighted by Crippen LogP contribution is -2.48. The zero-order valence-corrected chi connectivity index (χ0v) is 15.4. The Hall–Kier alpha value is -2.77. The molecule has 1 amide bonds. The zero-order valence-electron chi connectivity index (χ0n) is 15.4. The van der Waals surface area contributed by atoms with Gasteiger partial charge in [-0.25, -0.2) is 4.39 Å². The van der Waals surface area contributed by atoms with Crippen molar-refractivity contribution in [3.63, 3.8) is 0 Å². The molecule has 2 aromatic rings. The van der Waals surface area contributed by atoms with Crippen LogP contribution in [0.1, 0.15) is 37.6 Å². The van der Waals surface area contributed by atoms with Crippen molar-refractivity contribution in [2.24, 2.45) is 5.41 Å². The van der Waals surface area contributed by atoms with Crippen molar-refractivity contribution < 1.29 is 23.6 Å². The minimum absolute atomic E-state index is 0.125. The number of amides is 1. The van der Waals surface area contributed by atoms with E-state index in [1.165, 1.54) is 6.07 Å². The van der Waals surface area contributed by atoms with Crippen molar-refractivity contribution in [1.82, 2.24) is 15.0 Å². The molecule has 7 nitrogen and oxygen atoms in total. The van der Waals surface area contributed by atoms with Gasteiger partial charge in [0.25, 0.3) is 0 Å². The van der Waals surface area contributed by atoms with E-state index in [9.17, 15) is 19.1 Å². The summed E-state index contributed by atoms with van der Waals surface area (Å²) in [6, 6.07) is 4.55. The highest BCUT2D eigenvalue weighted by Gasteiger charge is 2.39. The Balaban J connectivity index is 1.60. The summed E-state index contributed by atoms with van der Waals surface area (Å²) in [4.78, 5) is 29.7. The van der Waals surface area contributed by atoms with Crippen molar-refractivity contribution in [2.45, 2.75) is 39.5 Å². The summed E-state index contributed by atoms with van der Waals surface area (Å²) < 4.78 is 18.6. The van der Waals surface area contributed by atoms with Crippen LogP contribution in [0.2, 0.25) is 0 Å². The van der Waals surface area contributed by atoms with E-state index in [1.807, 2.05) is 0 Å². The van der Waals surface area contributed by atoms with E-state index < -0.39 is 11.4 Å². The molecule has 0 spiro atoms. The Bertz CT molecular complexity index is 866. The predicted molar refractivity (Wildman–Crippen MR) is 94.3 cm³/mol. The third kappa shape index (κ3) is 4.15. The lowest BCUT2D eigenvalue weighted by atomic mass is 9.82. The Morgan fingerprint density at radius 2 is 2.19 bits per heavy atom. The van der Waals surface area contributed by atoms with Crippen LogP contribution < -0.4 is 0 Å². The molecule has 2 heterocycles. The molecule has 0 aliphatic carbocycles. The van der Waals surface area contributed by atoms with Crippen LogP contribution in [-0.2, 0) is 16.0 Å². The van der Waals surface area contributed by atoms with Crippen LogP contribution in [0.5, 0.6) is 0 Å². The minimum atomic E-state index is -0.897. The summed E-state index contributed by atoms with van der Waals surface area (Å²) in [5, 5.41) is 13.2. The van der Waals surface area contributed by atoms with Gasteiger partial charge in [0.15, 0.2) is 0 Å². The van der Waals surface area contributed by atoms with Crippen LogP contribution in [0.3, 0.4) is 0 Å². The number of carbonyl (C=O) groups is 2. The quantitative estimate of drug-likeness (QED) is 0.863. The molecule has 144 valence electrons. The maximum atomic E-state index is 13.4. The first kappa shape index (κ1) is 19.0. The van der Waals surface area contributed by atoms with Gasteiger partial charge in [-0.3, -0.25) is 9.59 Å². The predicted octanol–water partition coefficient (Wildman–Crippen LogP) is 2.83. The molecule has 1 saturated heterocycles. The number of rotatable bonds is 5. The molecule has 3 rings (SSSR count). The van der Waals surface area contributed by atoms with E-state index in [0.717, 1.165) is 0 Å². The minimum Gasteiger partial charge on any atom is -0.481 e. The fourth-order valence-corrected chi connectivity index (χ4v) is 3.26. The SMILES string of the molecule is Cc1cc(-c2noc(CCC(=O)N3CCCC(C)(C(=O)O)C3)n2)ccc1F. The molecule has 27 heavy (non-hydrogen) atoms. The fourth-order valence-electron chi connectivity index (χ4n) is 3.26. The molecule has 1 atom stereocenters. The lowest BCUT2D eigenvalue weighted by molar-refractivity contribution is -0.153. The van der Waals surface area contributed by atoms with E-state index in [2.05, 4.69) is 10.1 Å². The van der Waals surface area contributed by atoms with Crippen LogP contribution in [0.4, 0.5) is 4.39 Å². The number of halogens is 1. The van der Waals surface area contributed by atoms with Crippen LogP contribution >= 0.6 is 0 Å². The molecule has 1 fully saturated rings. The van der Waals surface area contributed by atoms with Gasteiger partial charge in [0.05, 0.1) is 5.41 Å². The molecular formula is C19H22FN3O4. The van der Waals surface area contributed by atoms with Gasteiger partial charge >= 0.3 is 5.97 Å². The summed E-state index contributed by atoms with van der Waals surface area (Å²) in [6.45, 7) is 4.10. The van der Waals surface area contributed by atoms with Crippen LogP contribution in [0.25, 0.3) is 11.4 Å². The van der Waals surface area contributed by atoms with Gasteiger partial charge in [0.2, 0.25) is 17.6 Å². The third-order valence-electron chi connectivity index (χ3n) is 5.00. The largest absolute Gasteiger partial charge is 0.481 e. The van der Waals surface area contributed by atoms with E-state index in [4.69, 9.17) is 4.52 Å². The number of nitrogens with zero attached hydrogens (tertiary/aromatic N) is 3. The average molecular weight is 375 g/mol. The molecule has 1 aromatic carbocycles. The first-order chi connectivity index (χ1) is 12.8. The fraction of sp³-hybridized carbons (Fsp3) is 0.474. The highest BCUT2D eigenvalue weighted by molar-refractivity contribution is 5.79. The zero-order chi connectivity index (χ0) is 19.6. The monoisotopic (exact) mass is 375 g/mol. The van der Waals surface area contributed by atoms with Crippen LogP contribution in [0.15, 0.2) is 22.7 Å². The normalized spacial score (nSPS) is 19.9. The number of carboxylic acids is 1. The topological polar surface area (TPSA) is 96.5 Å². The van der Waals surface area contributed by atoms with Crippen molar-refractivity contribution in [3.05, 3.63) is 35.5 Å². The number of carbonyl (C=O) groups excluding carboxylic acids is 1. The van der Waals surface area contributed by atoms with Crippen LogP contribution in [-0.4, -0.2) is 45.1 Å². The second kappa shape index (κ2) is 7.46. The first-order valence-corrected chi connectivity index (χ1v) is 8.89. The summed E-state index contributed by atoms with van der Waals surface area (Å²) in [7, 11) is 0. The Labute approximate surface area is 156 Å². The maximum Gasteiger partial charge on any atom is 0.311 e. The number of likely N-dealkylation sites (tertiary alicyclic amines) is 1. The van der Waals surface area contributed by atoms with Gasteiger partial charge in [-0.2, -0.15) is 4.98 Å². The number of hydrogen-bond acceptors (Lipinski definition) is 5. The summed E-state index contributed by atoms with van der Waals surface area (Å²) in [6.07, 6.45) is 1.67. The number of carboxylic acid groups (broad SMARTS) is 1. The average Bonchev–Trinajstić information content (AvgIpc) is 3.11. The molecular weight excluding hydrogens is 353 g/mol. The smallest absolute Gasteiger partial charge is 0.311 e. The summed E-state index contributed by atoms with van der Waals surface area (Å²) in [5.74, 6) is -0.644. The number of piperidine rings is 1. The van der Waals surface area contributed by atoms with E-state index in [0.29, 0.717) is 42.2 Å². The van der Waals surface area contributed by atoms with Gasteiger partial charge in [0.1, 0.15) is 5.82 Å². The number of aromatic nitrogens is 2. The van der Waals surface area contributed by atoms with Crippen LogP contribution in [0, 0.1) is 18.2 Å².